The minimum atomic E-state index is -0.157. The molecule has 0 aromatic heterocycles. The van der Waals surface area contributed by atoms with Crippen LogP contribution in [0.25, 0.3) is 0 Å². The van der Waals surface area contributed by atoms with Crippen LogP contribution in [0.2, 0.25) is 0 Å². The number of carbonyl (C=O) groups is 1. The van der Waals surface area contributed by atoms with Gasteiger partial charge in [-0.15, -0.1) is 6.58 Å². The fraction of sp³-hybridized carbons (Fsp3) is 0.357. The van der Waals surface area contributed by atoms with Crippen molar-refractivity contribution in [2.24, 2.45) is 0 Å². The molecule has 1 rings (SSSR count). The molecular weight excluding hydrogens is 260 g/mol. The van der Waals surface area contributed by atoms with Gasteiger partial charge in [-0.05, 0) is 19.1 Å². The number of amides is 1. The van der Waals surface area contributed by atoms with E-state index in [2.05, 4.69) is 11.9 Å². The van der Waals surface area contributed by atoms with E-state index in [1.165, 1.54) is 0 Å². The fourth-order valence-corrected chi connectivity index (χ4v) is 2.12. The molecule has 4 nitrogen and oxygen atoms in total. The predicted octanol–water partition coefficient (Wildman–Crippen LogP) is 2.32. The number of rotatable bonds is 8. The molecule has 0 saturated carbocycles. The molecule has 0 radical (unpaired) electrons. The molecule has 1 amide bonds. The van der Waals surface area contributed by atoms with Crippen LogP contribution in [-0.2, 0) is 0 Å². The number of nitrogen functional groups attached to an aromatic ring is 1. The van der Waals surface area contributed by atoms with Gasteiger partial charge in [0.25, 0.3) is 5.91 Å². The van der Waals surface area contributed by atoms with Gasteiger partial charge in [-0.3, -0.25) is 4.79 Å². The Kier molecular flexibility index (Phi) is 6.89. The second kappa shape index (κ2) is 8.48. The quantitative estimate of drug-likeness (QED) is 0.436. The summed E-state index contributed by atoms with van der Waals surface area (Å²) in [6.07, 6.45) is 1.84. The highest BCUT2D eigenvalue weighted by Crippen LogP contribution is 2.26. The highest BCUT2D eigenvalue weighted by Gasteiger charge is 2.14. The SMILES string of the molecule is C=CCSCCNC(=O)c1cccc(N)c1OCC. The summed E-state index contributed by atoms with van der Waals surface area (Å²) in [7, 11) is 0. The lowest BCUT2D eigenvalue weighted by atomic mass is 10.1. The van der Waals surface area contributed by atoms with Gasteiger partial charge in [0.05, 0.1) is 17.9 Å². The first-order chi connectivity index (χ1) is 9.20. The maximum absolute atomic E-state index is 12.0. The molecular formula is C14H20N2O2S. The summed E-state index contributed by atoms with van der Waals surface area (Å²) in [6.45, 7) is 6.59. The van der Waals surface area contributed by atoms with Gasteiger partial charge < -0.3 is 15.8 Å². The van der Waals surface area contributed by atoms with E-state index < -0.39 is 0 Å². The van der Waals surface area contributed by atoms with Crippen molar-refractivity contribution in [3.8, 4) is 5.75 Å². The largest absolute Gasteiger partial charge is 0.491 e. The Bertz CT molecular complexity index is 435. The van der Waals surface area contributed by atoms with Crippen molar-refractivity contribution in [3.05, 3.63) is 36.4 Å². The van der Waals surface area contributed by atoms with E-state index in [0.717, 1.165) is 11.5 Å². The predicted molar refractivity (Wildman–Crippen MR) is 81.9 cm³/mol. The van der Waals surface area contributed by atoms with Crippen LogP contribution in [0.1, 0.15) is 17.3 Å². The third kappa shape index (κ3) is 4.87. The molecule has 19 heavy (non-hydrogen) atoms. The van der Waals surface area contributed by atoms with Gasteiger partial charge in [0.15, 0.2) is 5.75 Å². The van der Waals surface area contributed by atoms with Crippen molar-refractivity contribution in [2.75, 3.05) is 30.4 Å². The van der Waals surface area contributed by atoms with Crippen molar-refractivity contribution in [1.29, 1.82) is 0 Å². The van der Waals surface area contributed by atoms with Crippen molar-refractivity contribution >= 4 is 23.4 Å². The van der Waals surface area contributed by atoms with E-state index in [1.54, 1.807) is 30.0 Å². The zero-order valence-corrected chi connectivity index (χ0v) is 12.0. The third-order valence-electron chi connectivity index (χ3n) is 2.35. The van der Waals surface area contributed by atoms with Crippen LogP contribution in [0.4, 0.5) is 5.69 Å². The van der Waals surface area contributed by atoms with E-state index >= 15 is 0 Å². The van der Waals surface area contributed by atoms with Crippen molar-refractivity contribution in [2.45, 2.75) is 6.92 Å². The van der Waals surface area contributed by atoms with Gasteiger partial charge in [0, 0.05) is 18.1 Å². The number of anilines is 1. The number of carbonyl (C=O) groups excluding carboxylic acids is 1. The third-order valence-corrected chi connectivity index (χ3v) is 3.31. The first kappa shape index (κ1) is 15.4. The molecule has 1 aromatic carbocycles. The number of nitrogens with two attached hydrogens (primary N) is 1. The summed E-state index contributed by atoms with van der Waals surface area (Å²) < 4.78 is 5.43. The molecule has 1 aromatic rings. The highest BCUT2D eigenvalue weighted by molar-refractivity contribution is 7.99. The normalized spacial score (nSPS) is 9.95. The molecule has 0 bridgehead atoms. The zero-order valence-electron chi connectivity index (χ0n) is 11.1. The monoisotopic (exact) mass is 280 g/mol. The lowest BCUT2D eigenvalue weighted by molar-refractivity contribution is 0.0952. The molecule has 0 aliphatic carbocycles. The van der Waals surface area contributed by atoms with Crippen LogP contribution in [-0.4, -0.2) is 30.6 Å². The minimum absolute atomic E-state index is 0.157. The average Bonchev–Trinajstić information content (AvgIpc) is 2.41. The second-order valence-electron chi connectivity index (χ2n) is 3.78. The van der Waals surface area contributed by atoms with Crippen LogP contribution in [0.3, 0.4) is 0 Å². The second-order valence-corrected chi connectivity index (χ2v) is 4.93. The number of hydrogen-bond acceptors (Lipinski definition) is 4. The molecule has 0 atom stereocenters. The average molecular weight is 280 g/mol. The van der Waals surface area contributed by atoms with Gasteiger partial charge >= 0.3 is 0 Å². The fourth-order valence-electron chi connectivity index (χ4n) is 1.54. The molecule has 104 valence electrons. The number of thioether (sulfide) groups is 1. The summed E-state index contributed by atoms with van der Waals surface area (Å²) in [5.74, 6) is 2.04. The van der Waals surface area contributed by atoms with E-state index in [1.807, 2.05) is 13.0 Å². The lowest BCUT2D eigenvalue weighted by Gasteiger charge is -2.12. The molecule has 0 unspecified atom stereocenters. The van der Waals surface area contributed by atoms with Crippen LogP contribution >= 0.6 is 11.8 Å². The smallest absolute Gasteiger partial charge is 0.255 e. The minimum Gasteiger partial charge on any atom is -0.491 e. The number of ether oxygens (including phenoxy) is 1. The van der Waals surface area contributed by atoms with E-state index in [4.69, 9.17) is 10.5 Å². The standard InChI is InChI=1S/C14H20N2O2S/c1-3-9-19-10-8-16-14(17)11-6-5-7-12(15)13(11)18-4-2/h3,5-7H,1,4,8-10,15H2,2H3,(H,16,17). The van der Waals surface area contributed by atoms with E-state index in [0.29, 0.717) is 30.2 Å². The number of para-hydroxylation sites is 1. The zero-order chi connectivity index (χ0) is 14.1. The van der Waals surface area contributed by atoms with Gasteiger partial charge in [0.1, 0.15) is 0 Å². The van der Waals surface area contributed by atoms with Gasteiger partial charge in [-0.1, -0.05) is 12.1 Å². The summed E-state index contributed by atoms with van der Waals surface area (Å²) >= 11 is 1.72. The first-order valence-electron chi connectivity index (χ1n) is 6.18. The van der Waals surface area contributed by atoms with E-state index in [9.17, 15) is 4.79 Å². The lowest BCUT2D eigenvalue weighted by Crippen LogP contribution is -2.26. The Morgan fingerprint density at radius 3 is 3.05 bits per heavy atom. The first-order valence-corrected chi connectivity index (χ1v) is 7.34. The Morgan fingerprint density at radius 2 is 2.37 bits per heavy atom. The highest BCUT2D eigenvalue weighted by atomic mass is 32.2. The maximum atomic E-state index is 12.0. The summed E-state index contributed by atoms with van der Waals surface area (Å²) in [6, 6.07) is 5.19. The Balaban J connectivity index is 2.60. The Hall–Kier alpha value is -1.62. The molecule has 0 aliphatic heterocycles. The molecule has 3 N–H and O–H groups in total. The Labute approximate surface area is 118 Å². The molecule has 0 heterocycles. The van der Waals surface area contributed by atoms with Crippen LogP contribution < -0.4 is 15.8 Å². The van der Waals surface area contributed by atoms with Gasteiger partial charge in [-0.2, -0.15) is 11.8 Å². The molecule has 0 fully saturated rings. The van der Waals surface area contributed by atoms with Crippen molar-refractivity contribution in [3.63, 3.8) is 0 Å². The maximum Gasteiger partial charge on any atom is 0.255 e. The number of hydrogen-bond donors (Lipinski definition) is 2. The van der Waals surface area contributed by atoms with Crippen LogP contribution in [0.15, 0.2) is 30.9 Å². The van der Waals surface area contributed by atoms with Crippen LogP contribution in [0.5, 0.6) is 5.75 Å². The summed E-state index contributed by atoms with van der Waals surface area (Å²) in [5, 5.41) is 2.85. The summed E-state index contributed by atoms with van der Waals surface area (Å²) in [4.78, 5) is 12.0. The van der Waals surface area contributed by atoms with Gasteiger partial charge in [-0.25, -0.2) is 0 Å². The number of benzene rings is 1. The van der Waals surface area contributed by atoms with Crippen molar-refractivity contribution in [1.82, 2.24) is 5.32 Å². The molecule has 0 saturated heterocycles. The Morgan fingerprint density at radius 1 is 1.58 bits per heavy atom. The van der Waals surface area contributed by atoms with Gasteiger partial charge in [0.2, 0.25) is 0 Å². The molecule has 5 heteroatoms. The topological polar surface area (TPSA) is 64.4 Å². The molecule has 0 aliphatic rings. The summed E-state index contributed by atoms with van der Waals surface area (Å²) in [5.41, 5.74) is 6.78. The van der Waals surface area contributed by atoms with E-state index in [-0.39, 0.29) is 5.91 Å². The van der Waals surface area contributed by atoms with Crippen LogP contribution in [0, 0.1) is 0 Å². The van der Waals surface area contributed by atoms with Crippen molar-refractivity contribution < 1.29 is 9.53 Å². The molecule has 0 spiro atoms. The number of nitrogens with one attached hydrogen (secondary N) is 1.